The average molecular weight is 211 g/mol. The van der Waals surface area contributed by atoms with E-state index in [4.69, 9.17) is 16.7 Å². The fourth-order valence-electron chi connectivity index (χ4n) is 1.44. The molecule has 2 aromatic rings. The predicted octanol–water partition coefficient (Wildman–Crippen LogP) is 1.92. The SMILES string of the molecule is Cn1ccc2cc(Cl)nc(C(=O)O)c21. The summed E-state index contributed by atoms with van der Waals surface area (Å²) in [7, 11) is 1.77. The molecule has 0 spiro atoms. The third kappa shape index (κ3) is 1.24. The summed E-state index contributed by atoms with van der Waals surface area (Å²) < 4.78 is 1.71. The van der Waals surface area contributed by atoms with E-state index in [1.807, 2.05) is 0 Å². The molecule has 0 saturated carbocycles. The van der Waals surface area contributed by atoms with E-state index in [2.05, 4.69) is 4.98 Å². The minimum atomic E-state index is -1.07. The fourth-order valence-corrected chi connectivity index (χ4v) is 1.64. The number of aryl methyl sites for hydroxylation is 1. The molecule has 1 N–H and O–H groups in total. The van der Waals surface area contributed by atoms with Gasteiger partial charge in [-0.15, -0.1) is 0 Å². The van der Waals surface area contributed by atoms with E-state index in [0.717, 1.165) is 5.39 Å². The number of carboxylic acids is 1. The summed E-state index contributed by atoms with van der Waals surface area (Å²) in [5, 5.41) is 9.89. The molecule has 4 nitrogen and oxygen atoms in total. The molecule has 0 radical (unpaired) electrons. The molecule has 0 aliphatic rings. The van der Waals surface area contributed by atoms with Crippen molar-refractivity contribution < 1.29 is 9.90 Å². The topological polar surface area (TPSA) is 55.1 Å². The number of fused-ring (bicyclic) bond motifs is 1. The van der Waals surface area contributed by atoms with Crippen LogP contribution in [0.5, 0.6) is 0 Å². The van der Waals surface area contributed by atoms with Crippen LogP contribution in [0.2, 0.25) is 5.15 Å². The van der Waals surface area contributed by atoms with E-state index in [9.17, 15) is 4.79 Å². The first-order chi connectivity index (χ1) is 6.59. The first kappa shape index (κ1) is 9.02. The maximum atomic E-state index is 10.9. The van der Waals surface area contributed by atoms with Crippen molar-refractivity contribution in [2.45, 2.75) is 0 Å². The zero-order valence-corrected chi connectivity index (χ0v) is 8.12. The summed E-state index contributed by atoms with van der Waals surface area (Å²) in [6.07, 6.45) is 1.77. The number of aromatic carboxylic acids is 1. The highest BCUT2D eigenvalue weighted by atomic mass is 35.5. The van der Waals surface area contributed by atoms with Gasteiger partial charge in [-0.1, -0.05) is 11.6 Å². The van der Waals surface area contributed by atoms with E-state index in [1.54, 1.807) is 29.9 Å². The molecular weight excluding hydrogens is 204 g/mol. The summed E-state index contributed by atoms with van der Waals surface area (Å²) in [6.45, 7) is 0. The van der Waals surface area contributed by atoms with Crippen molar-refractivity contribution in [1.82, 2.24) is 9.55 Å². The molecule has 0 aromatic carbocycles. The molecule has 2 heterocycles. The lowest BCUT2D eigenvalue weighted by molar-refractivity contribution is 0.0692. The van der Waals surface area contributed by atoms with Gasteiger partial charge in [-0.25, -0.2) is 9.78 Å². The number of carboxylic acid groups (broad SMARTS) is 1. The van der Waals surface area contributed by atoms with Gasteiger partial charge >= 0.3 is 5.97 Å². The molecule has 0 fully saturated rings. The summed E-state index contributed by atoms with van der Waals surface area (Å²) in [4.78, 5) is 14.7. The zero-order valence-electron chi connectivity index (χ0n) is 7.36. The lowest BCUT2D eigenvalue weighted by atomic mass is 10.2. The van der Waals surface area contributed by atoms with Crippen molar-refractivity contribution in [1.29, 1.82) is 0 Å². The lowest BCUT2D eigenvalue weighted by Gasteiger charge is -2.01. The second-order valence-corrected chi connectivity index (χ2v) is 3.35. The van der Waals surface area contributed by atoms with Crippen LogP contribution in [0.15, 0.2) is 18.3 Å². The van der Waals surface area contributed by atoms with E-state index in [0.29, 0.717) is 5.52 Å². The zero-order chi connectivity index (χ0) is 10.3. The third-order valence-electron chi connectivity index (χ3n) is 2.02. The quantitative estimate of drug-likeness (QED) is 0.732. The number of halogens is 1. The van der Waals surface area contributed by atoms with Gasteiger partial charge in [0.05, 0.1) is 5.52 Å². The third-order valence-corrected chi connectivity index (χ3v) is 2.22. The number of hydrogen-bond acceptors (Lipinski definition) is 2. The van der Waals surface area contributed by atoms with E-state index < -0.39 is 5.97 Å². The number of aromatic nitrogens is 2. The van der Waals surface area contributed by atoms with Crippen LogP contribution in [-0.2, 0) is 7.05 Å². The van der Waals surface area contributed by atoms with Crippen molar-refractivity contribution >= 4 is 28.5 Å². The van der Waals surface area contributed by atoms with Crippen molar-refractivity contribution in [3.05, 3.63) is 29.2 Å². The molecule has 0 unspecified atom stereocenters. The van der Waals surface area contributed by atoms with Crippen molar-refractivity contribution in [2.75, 3.05) is 0 Å². The molecule has 2 rings (SSSR count). The summed E-state index contributed by atoms with van der Waals surface area (Å²) >= 11 is 5.69. The lowest BCUT2D eigenvalue weighted by Crippen LogP contribution is -2.03. The molecule has 0 amide bonds. The maximum absolute atomic E-state index is 10.9. The molecular formula is C9H7ClN2O2. The first-order valence-corrected chi connectivity index (χ1v) is 4.32. The van der Waals surface area contributed by atoms with Gasteiger partial charge in [0, 0.05) is 18.6 Å². The fraction of sp³-hybridized carbons (Fsp3) is 0.111. The van der Waals surface area contributed by atoms with E-state index >= 15 is 0 Å². The minimum Gasteiger partial charge on any atom is -0.476 e. The van der Waals surface area contributed by atoms with Crippen LogP contribution in [-0.4, -0.2) is 20.6 Å². The number of nitrogens with zero attached hydrogens (tertiary/aromatic N) is 2. The van der Waals surface area contributed by atoms with Gasteiger partial charge in [0.15, 0.2) is 5.69 Å². The van der Waals surface area contributed by atoms with Crippen molar-refractivity contribution in [3.63, 3.8) is 0 Å². The van der Waals surface area contributed by atoms with Crippen LogP contribution in [0, 0.1) is 0 Å². The van der Waals surface area contributed by atoms with Gasteiger partial charge in [-0.2, -0.15) is 0 Å². The highest BCUT2D eigenvalue weighted by molar-refractivity contribution is 6.30. The first-order valence-electron chi connectivity index (χ1n) is 3.94. The molecule has 14 heavy (non-hydrogen) atoms. The highest BCUT2D eigenvalue weighted by Gasteiger charge is 2.14. The Morgan fingerprint density at radius 1 is 1.64 bits per heavy atom. The van der Waals surface area contributed by atoms with Crippen LogP contribution >= 0.6 is 11.6 Å². The standard InChI is InChI=1S/C9H7ClN2O2/c1-12-3-2-5-4-6(10)11-7(8(5)12)9(13)14/h2-4H,1H3,(H,13,14). The Morgan fingerprint density at radius 2 is 2.36 bits per heavy atom. The Kier molecular flexibility index (Phi) is 1.93. The molecule has 0 saturated heterocycles. The van der Waals surface area contributed by atoms with Crippen LogP contribution in [0.3, 0.4) is 0 Å². The Hall–Kier alpha value is -1.55. The molecule has 2 aromatic heterocycles. The average Bonchev–Trinajstić information content (AvgIpc) is 2.46. The van der Waals surface area contributed by atoms with E-state index in [-0.39, 0.29) is 10.8 Å². The number of hydrogen-bond donors (Lipinski definition) is 1. The Balaban J connectivity index is 2.90. The molecule has 72 valence electrons. The van der Waals surface area contributed by atoms with E-state index in [1.165, 1.54) is 0 Å². The summed E-state index contributed by atoms with van der Waals surface area (Å²) in [5.41, 5.74) is 0.571. The number of rotatable bonds is 1. The van der Waals surface area contributed by atoms with Crippen molar-refractivity contribution in [2.24, 2.45) is 7.05 Å². The van der Waals surface area contributed by atoms with Gasteiger partial charge in [0.2, 0.25) is 0 Å². The molecule has 0 aliphatic carbocycles. The van der Waals surface area contributed by atoms with Crippen LogP contribution in [0.1, 0.15) is 10.5 Å². The van der Waals surface area contributed by atoms with Gasteiger partial charge in [-0.05, 0) is 12.1 Å². The predicted molar refractivity (Wildman–Crippen MR) is 52.7 cm³/mol. The second-order valence-electron chi connectivity index (χ2n) is 2.96. The number of carbonyl (C=O) groups is 1. The minimum absolute atomic E-state index is 0.0139. The molecule has 0 aliphatic heterocycles. The molecule has 5 heteroatoms. The molecule has 0 bridgehead atoms. The Morgan fingerprint density at radius 3 is 3.00 bits per heavy atom. The summed E-state index contributed by atoms with van der Waals surface area (Å²) in [5.74, 6) is -1.07. The Bertz CT molecular complexity index is 519. The second kappa shape index (κ2) is 2.99. The molecule has 0 atom stereocenters. The van der Waals surface area contributed by atoms with Crippen LogP contribution in [0.25, 0.3) is 10.9 Å². The van der Waals surface area contributed by atoms with Crippen LogP contribution in [0.4, 0.5) is 0 Å². The van der Waals surface area contributed by atoms with Crippen LogP contribution < -0.4 is 0 Å². The normalized spacial score (nSPS) is 10.7. The summed E-state index contributed by atoms with van der Waals surface area (Å²) in [6, 6.07) is 3.44. The number of pyridine rings is 1. The largest absolute Gasteiger partial charge is 0.476 e. The van der Waals surface area contributed by atoms with Crippen molar-refractivity contribution in [3.8, 4) is 0 Å². The Labute approximate surface area is 84.7 Å². The highest BCUT2D eigenvalue weighted by Crippen LogP contribution is 2.21. The monoisotopic (exact) mass is 210 g/mol. The maximum Gasteiger partial charge on any atom is 0.356 e. The van der Waals surface area contributed by atoms with Gasteiger partial charge in [0.1, 0.15) is 5.15 Å². The van der Waals surface area contributed by atoms with Gasteiger partial charge < -0.3 is 9.67 Å². The van der Waals surface area contributed by atoms with Gasteiger partial charge in [-0.3, -0.25) is 0 Å². The van der Waals surface area contributed by atoms with Gasteiger partial charge in [0.25, 0.3) is 0 Å². The smallest absolute Gasteiger partial charge is 0.356 e.